The highest BCUT2D eigenvalue weighted by Crippen LogP contribution is 2.28. The number of carbonyl (C=O) groups is 1. The Kier molecular flexibility index (Phi) is 7.00. The average molecular weight is 497 g/mol. The summed E-state index contributed by atoms with van der Waals surface area (Å²) in [5.41, 5.74) is 4.94. The minimum Gasteiger partial charge on any atom is -0.394 e. The summed E-state index contributed by atoms with van der Waals surface area (Å²) >= 11 is 0. The molecule has 37 heavy (non-hydrogen) atoms. The highest BCUT2D eigenvalue weighted by atomic mass is 16.3. The van der Waals surface area contributed by atoms with E-state index in [1.807, 2.05) is 24.3 Å². The molecule has 188 valence electrons. The third-order valence-electron chi connectivity index (χ3n) is 6.44. The lowest BCUT2D eigenvalue weighted by atomic mass is 9.94. The van der Waals surface area contributed by atoms with Crippen molar-refractivity contribution in [2.24, 2.45) is 0 Å². The van der Waals surface area contributed by atoms with Crippen molar-refractivity contribution in [2.75, 3.05) is 25.5 Å². The van der Waals surface area contributed by atoms with Gasteiger partial charge in [-0.05, 0) is 30.0 Å². The molecule has 1 aromatic carbocycles. The second-order valence-corrected chi connectivity index (χ2v) is 8.81. The van der Waals surface area contributed by atoms with Crippen LogP contribution in [0.15, 0.2) is 61.3 Å². The first kappa shape index (κ1) is 24.3. The molecule has 0 saturated carbocycles. The van der Waals surface area contributed by atoms with Gasteiger partial charge in [0.1, 0.15) is 12.1 Å². The fourth-order valence-electron chi connectivity index (χ4n) is 4.48. The summed E-state index contributed by atoms with van der Waals surface area (Å²) in [7, 11) is 1.63. The minimum atomic E-state index is -0.119. The fourth-order valence-corrected chi connectivity index (χ4v) is 4.48. The summed E-state index contributed by atoms with van der Waals surface area (Å²) in [6.45, 7) is 3.27. The zero-order valence-corrected chi connectivity index (χ0v) is 20.7. The zero-order valence-electron chi connectivity index (χ0n) is 20.7. The molecule has 5 rings (SSSR count). The van der Waals surface area contributed by atoms with Crippen molar-refractivity contribution in [3.63, 3.8) is 0 Å². The van der Waals surface area contributed by atoms with E-state index in [0.717, 1.165) is 51.0 Å². The maximum Gasteiger partial charge on any atom is 0.251 e. The molecule has 0 spiro atoms. The minimum absolute atomic E-state index is 0.00776. The number of amides is 1. The van der Waals surface area contributed by atoms with E-state index in [0.29, 0.717) is 18.7 Å². The Hall–Kier alpha value is -4.44. The predicted molar refractivity (Wildman–Crippen MR) is 142 cm³/mol. The lowest BCUT2D eigenvalue weighted by Crippen LogP contribution is -2.18. The van der Waals surface area contributed by atoms with Crippen LogP contribution in [0.2, 0.25) is 0 Å². The number of fused-ring (bicyclic) bond motifs is 2. The van der Waals surface area contributed by atoms with Crippen LogP contribution in [-0.4, -0.2) is 60.9 Å². The molecule has 4 aromatic heterocycles. The summed E-state index contributed by atoms with van der Waals surface area (Å²) in [6, 6.07) is 11.6. The Labute approximate surface area is 213 Å². The summed E-state index contributed by atoms with van der Waals surface area (Å²) in [4.78, 5) is 30.2. The quantitative estimate of drug-likeness (QED) is 0.283. The van der Waals surface area contributed by atoms with Crippen LogP contribution < -0.4 is 10.6 Å². The fraction of sp³-hybridized carbons (Fsp3) is 0.259. The molecule has 10 nitrogen and oxygen atoms in total. The smallest absolute Gasteiger partial charge is 0.251 e. The molecule has 0 aliphatic rings. The van der Waals surface area contributed by atoms with Gasteiger partial charge in [-0.3, -0.25) is 9.78 Å². The molecule has 4 heterocycles. The normalized spacial score (nSPS) is 12.1. The van der Waals surface area contributed by atoms with Crippen LogP contribution in [0.1, 0.15) is 35.2 Å². The van der Waals surface area contributed by atoms with Gasteiger partial charge in [0.15, 0.2) is 5.65 Å². The zero-order chi connectivity index (χ0) is 25.8. The summed E-state index contributed by atoms with van der Waals surface area (Å²) in [5.74, 6) is 0.824. The number of hydrogen-bond donors (Lipinski definition) is 3. The second-order valence-electron chi connectivity index (χ2n) is 8.81. The van der Waals surface area contributed by atoms with Crippen molar-refractivity contribution in [1.82, 2.24) is 35.0 Å². The lowest BCUT2D eigenvalue weighted by Gasteiger charge is -2.16. The van der Waals surface area contributed by atoms with Crippen LogP contribution in [-0.2, 0) is 6.54 Å². The van der Waals surface area contributed by atoms with Gasteiger partial charge in [-0.2, -0.15) is 5.10 Å². The van der Waals surface area contributed by atoms with Crippen molar-refractivity contribution >= 4 is 33.7 Å². The number of carbonyl (C=O) groups excluding carboxylic acids is 1. The van der Waals surface area contributed by atoms with Crippen LogP contribution in [0.5, 0.6) is 0 Å². The van der Waals surface area contributed by atoms with Crippen molar-refractivity contribution in [3.8, 4) is 11.3 Å². The van der Waals surface area contributed by atoms with Crippen molar-refractivity contribution < 1.29 is 9.90 Å². The van der Waals surface area contributed by atoms with Crippen molar-refractivity contribution in [1.29, 1.82) is 0 Å². The number of para-hydroxylation sites is 1. The molecule has 0 radical (unpaired) electrons. The first-order valence-electron chi connectivity index (χ1n) is 12.2. The highest BCUT2D eigenvalue weighted by Gasteiger charge is 2.15. The first-order chi connectivity index (χ1) is 18.1. The number of benzene rings is 1. The Bertz CT molecular complexity index is 1570. The molecule has 1 atom stereocenters. The lowest BCUT2D eigenvalue weighted by molar-refractivity contribution is 0.0964. The van der Waals surface area contributed by atoms with Crippen LogP contribution in [0.25, 0.3) is 33.2 Å². The summed E-state index contributed by atoms with van der Waals surface area (Å²) in [5, 5.41) is 21.3. The van der Waals surface area contributed by atoms with E-state index in [9.17, 15) is 9.90 Å². The van der Waals surface area contributed by atoms with Crippen LogP contribution in [0.4, 0.5) is 5.82 Å². The van der Waals surface area contributed by atoms with Crippen LogP contribution >= 0.6 is 0 Å². The largest absolute Gasteiger partial charge is 0.394 e. The monoisotopic (exact) mass is 496 g/mol. The van der Waals surface area contributed by atoms with E-state index in [-0.39, 0.29) is 18.4 Å². The first-order valence-corrected chi connectivity index (χ1v) is 12.2. The maximum atomic E-state index is 12.3. The number of rotatable bonds is 9. The van der Waals surface area contributed by atoms with E-state index in [1.165, 1.54) is 6.33 Å². The molecular weight excluding hydrogens is 468 g/mol. The number of aromatic nitrogens is 6. The van der Waals surface area contributed by atoms with Gasteiger partial charge >= 0.3 is 0 Å². The second kappa shape index (κ2) is 10.7. The molecule has 10 heteroatoms. The summed E-state index contributed by atoms with van der Waals surface area (Å²) in [6.07, 6.45) is 7.57. The number of nitrogens with zero attached hydrogens (tertiary/aromatic N) is 6. The number of anilines is 1. The third kappa shape index (κ3) is 4.96. The molecule has 0 aliphatic heterocycles. The van der Waals surface area contributed by atoms with Gasteiger partial charge in [0.2, 0.25) is 0 Å². The molecule has 1 unspecified atom stereocenters. The van der Waals surface area contributed by atoms with E-state index >= 15 is 0 Å². The molecule has 0 fully saturated rings. The topological polar surface area (TPSA) is 131 Å². The predicted octanol–water partition coefficient (Wildman–Crippen LogP) is 3.39. The molecule has 1 amide bonds. The molecule has 5 aromatic rings. The Morgan fingerprint density at radius 1 is 1.11 bits per heavy atom. The third-order valence-corrected chi connectivity index (χ3v) is 6.44. The number of aliphatic hydroxyl groups excluding tert-OH is 1. The van der Waals surface area contributed by atoms with Gasteiger partial charge in [-0.15, -0.1) is 0 Å². The average Bonchev–Trinajstić information content (AvgIpc) is 3.34. The van der Waals surface area contributed by atoms with E-state index < -0.39 is 0 Å². The van der Waals surface area contributed by atoms with Gasteiger partial charge < -0.3 is 15.7 Å². The Morgan fingerprint density at radius 2 is 2.00 bits per heavy atom. The molecule has 0 bridgehead atoms. The summed E-state index contributed by atoms with van der Waals surface area (Å²) < 4.78 is 1.68. The van der Waals surface area contributed by atoms with Crippen LogP contribution in [0.3, 0.4) is 0 Å². The maximum absolute atomic E-state index is 12.3. The standard InChI is InChI=1S/C27H28N8O2/c1-17(20-4-3-5-21-22(27(37)28-2)7-9-30-25(20)21)6-8-29-24-13-23(32-16-33-24)18-12-19-15-34-35(10-11-36)26(19)31-14-18/h3-5,7,9,12-17,36H,6,8,10-11H2,1-2H3,(H,28,37)(H,29,32,33). The van der Waals surface area contributed by atoms with Crippen LogP contribution in [0, 0.1) is 0 Å². The molecule has 0 aliphatic carbocycles. The molecule has 0 saturated heterocycles. The SMILES string of the molecule is CNC(=O)c1ccnc2c(C(C)CCNc3cc(-c4cnc5c(cnn5CCO)c4)ncn3)cccc12. The van der Waals surface area contributed by atoms with Crippen molar-refractivity contribution in [2.45, 2.75) is 25.8 Å². The van der Waals surface area contributed by atoms with E-state index in [4.69, 9.17) is 0 Å². The molecular formula is C27H28N8O2. The number of hydrogen-bond acceptors (Lipinski definition) is 8. The highest BCUT2D eigenvalue weighted by molar-refractivity contribution is 6.06. The number of pyridine rings is 2. The van der Waals surface area contributed by atoms with Gasteiger partial charge in [-0.1, -0.05) is 25.1 Å². The van der Waals surface area contributed by atoms with E-state index in [2.05, 4.69) is 48.7 Å². The molecule has 3 N–H and O–H groups in total. The van der Waals surface area contributed by atoms with E-state index in [1.54, 1.807) is 36.4 Å². The Balaban J connectivity index is 1.28. The Morgan fingerprint density at radius 3 is 2.84 bits per heavy atom. The van der Waals surface area contributed by atoms with Gasteiger partial charge in [0.05, 0.1) is 36.1 Å². The van der Waals surface area contributed by atoms with Gasteiger partial charge in [0, 0.05) is 48.4 Å². The number of nitrogens with one attached hydrogen (secondary N) is 2. The van der Waals surface area contributed by atoms with Crippen molar-refractivity contribution in [3.05, 3.63) is 72.4 Å². The van der Waals surface area contributed by atoms with Gasteiger partial charge in [-0.25, -0.2) is 19.6 Å². The number of aliphatic hydroxyl groups is 1. The van der Waals surface area contributed by atoms with Gasteiger partial charge in [0.25, 0.3) is 5.91 Å².